The molecule has 0 fully saturated rings. The molecule has 0 saturated heterocycles. The molecule has 1 N–H and O–H groups in total. The van der Waals surface area contributed by atoms with Crippen molar-refractivity contribution in [1.29, 1.82) is 0 Å². The molecule has 0 aliphatic rings. The minimum absolute atomic E-state index is 0.0976. The molecule has 1 aromatic heterocycles. The Morgan fingerprint density at radius 3 is 2.58 bits per heavy atom. The molecular formula is C15H16O4. The summed E-state index contributed by atoms with van der Waals surface area (Å²) in [7, 11) is 1.28. The lowest BCUT2D eigenvalue weighted by molar-refractivity contribution is 0.0555. The number of rotatable bonds is 4. The fourth-order valence-corrected chi connectivity index (χ4v) is 1.79. The molecule has 2 aromatic rings. The van der Waals surface area contributed by atoms with Gasteiger partial charge in [-0.25, -0.2) is 4.79 Å². The molecule has 2 rings (SSSR count). The van der Waals surface area contributed by atoms with Crippen molar-refractivity contribution in [1.82, 2.24) is 0 Å². The van der Waals surface area contributed by atoms with Crippen molar-refractivity contribution in [2.24, 2.45) is 0 Å². The fraction of sp³-hybridized carbons (Fsp3) is 0.267. The zero-order chi connectivity index (χ0) is 13.8. The number of methoxy groups -OCH3 is 1. The van der Waals surface area contributed by atoms with E-state index in [1.807, 2.05) is 31.2 Å². The van der Waals surface area contributed by atoms with Crippen LogP contribution in [-0.2, 0) is 11.2 Å². The summed E-state index contributed by atoms with van der Waals surface area (Å²) in [5.41, 5.74) is 2.18. The van der Waals surface area contributed by atoms with E-state index < -0.39 is 12.1 Å². The second kappa shape index (κ2) is 5.71. The predicted octanol–water partition coefficient (Wildman–Crippen LogP) is 2.65. The highest BCUT2D eigenvalue weighted by atomic mass is 16.5. The van der Waals surface area contributed by atoms with Gasteiger partial charge in [0.05, 0.1) is 7.11 Å². The second-order valence-electron chi connectivity index (χ2n) is 4.40. The molecule has 4 nitrogen and oxygen atoms in total. The highest BCUT2D eigenvalue weighted by molar-refractivity contribution is 5.86. The van der Waals surface area contributed by atoms with Crippen LogP contribution in [0.15, 0.2) is 40.8 Å². The van der Waals surface area contributed by atoms with Crippen molar-refractivity contribution in [3.05, 3.63) is 59.0 Å². The van der Waals surface area contributed by atoms with Crippen LogP contribution in [0.2, 0.25) is 0 Å². The average Bonchev–Trinajstić information content (AvgIpc) is 2.90. The number of ether oxygens (including phenoxy) is 1. The topological polar surface area (TPSA) is 59.7 Å². The Bertz CT molecular complexity index is 554. The third-order valence-corrected chi connectivity index (χ3v) is 2.89. The first-order chi connectivity index (χ1) is 9.10. The third-order valence-electron chi connectivity index (χ3n) is 2.89. The van der Waals surface area contributed by atoms with E-state index in [0.717, 1.165) is 5.56 Å². The molecule has 4 heteroatoms. The number of hydrogen-bond acceptors (Lipinski definition) is 4. The van der Waals surface area contributed by atoms with Gasteiger partial charge in [0.25, 0.3) is 0 Å². The van der Waals surface area contributed by atoms with Crippen molar-refractivity contribution in [3.63, 3.8) is 0 Å². The van der Waals surface area contributed by atoms with Crippen molar-refractivity contribution >= 4 is 5.97 Å². The van der Waals surface area contributed by atoms with Crippen LogP contribution in [0.5, 0.6) is 0 Å². The molecule has 1 unspecified atom stereocenters. The molecule has 100 valence electrons. The molecule has 1 atom stereocenters. The molecule has 0 spiro atoms. The van der Waals surface area contributed by atoms with E-state index >= 15 is 0 Å². The van der Waals surface area contributed by atoms with Crippen LogP contribution in [0.3, 0.4) is 0 Å². The van der Waals surface area contributed by atoms with Gasteiger partial charge in [0, 0.05) is 6.42 Å². The van der Waals surface area contributed by atoms with Gasteiger partial charge < -0.3 is 14.3 Å². The Labute approximate surface area is 111 Å². The smallest absolute Gasteiger partial charge is 0.373 e. The molecule has 1 heterocycles. The molecule has 19 heavy (non-hydrogen) atoms. The Hall–Kier alpha value is -2.07. The Kier molecular flexibility index (Phi) is 4.02. The van der Waals surface area contributed by atoms with E-state index in [9.17, 15) is 9.90 Å². The van der Waals surface area contributed by atoms with Gasteiger partial charge in [-0.1, -0.05) is 29.8 Å². The van der Waals surface area contributed by atoms with Gasteiger partial charge in [0.1, 0.15) is 11.9 Å². The van der Waals surface area contributed by atoms with Crippen LogP contribution in [-0.4, -0.2) is 18.2 Å². The molecule has 1 aromatic carbocycles. The number of esters is 1. The van der Waals surface area contributed by atoms with E-state index in [1.165, 1.54) is 18.7 Å². The van der Waals surface area contributed by atoms with Crippen molar-refractivity contribution < 1.29 is 19.1 Å². The molecular weight excluding hydrogens is 244 g/mol. The summed E-state index contributed by atoms with van der Waals surface area (Å²) in [6, 6.07) is 11.0. The van der Waals surface area contributed by atoms with Crippen LogP contribution >= 0.6 is 0 Å². The number of carbonyl (C=O) groups excluding carboxylic acids is 1. The van der Waals surface area contributed by atoms with Gasteiger partial charge in [0.15, 0.2) is 0 Å². The standard InChI is InChI=1S/C15H16O4/c1-10-3-5-11(6-4-10)9-12(16)13-7-8-14(19-13)15(17)18-2/h3-8,12,16H,9H2,1-2H3. The summed E-state index contributed by atoms with van der Waals surface area (Å²) >= 11 is 0. The molecule has 0 aliphatic heterocycles. The minimum Gasteiger partial charge on any atom is -0.463 e. The Balaban J connectivity index is 2.07. The number of benzene rings is 1. The first-order valence-electron chi connectivity index (χ1n) is 6.02. The van der Waals surface area contributed by atoms with E-state index in [1.54, 1.807) is 6.07 Å². The minimum atomic E-state index is -0.777. The molecule has 0 radical (unpaired) electrons. The van der Waals surface area contributed by atoms with E-state index in [-0.39, 0.29) is 5.76 Å². The molecule has 0 aliphatic carbocycles. The zero-order valence-electron chi connectivity index (χ0n) is 10.9. The lowest BCUT2D eigenvalue weighted by Crippen LogP contribution is -2.01. The van der Waals surface area contributed by atoms with E-state index in [4.69, 9.17) is 4.42 Å². The highest BCUT2D eigenvalue weighted by Crippen LogP contribution is 2.21. The highest BCUT2D eigenvalue weighted by Gasteiger charge is 2.16. The normalized spacial score (nSPS) is 12.2. The van der Waals surface area contributed by atoms with Crippen LogP contribution < -0.4 is 0 Å². The lowest BCUT2D eigenvalue weighted by atomic mass is 10.1. The van der Waals surface area contributed by atoms with Crippen LogP contribution in [0.4, 0.5) is 0 Å². The van der Waals surface area contributed by atoms with Gasteiger partial charge in [-0.15, -0.1) is 0 Å². The summed E-state index contributed by atoms with van der Waals surface area (Å²) in [6.45, 7) is 2.01. The van der Waals surface area contributed by atoms with E-state index in [0.29, 0.717) is 12.2 Å². The Morgan fingerprint density at radius 2 is 1.95 bits per heavy atom. The van der Waals surface area contributed by atoms with Crippen LogP contribution in [0.25, 0.3) is 0 Å². The number of furan rings is 1. The molecule has 0 bridgehead atoms. The van der Waals surface area contributed by atoms with Gasteiger partial charge in [-0.3, -0.25) is 0 Å². The number of aliphatic hydroxyl groups is 1. The largest absolute Gasteiger partial charge is 0.463 e. The quantitative estimate of drug-likeness (QED) is 0.858. The summed E-state index contributed by atoms with van der Waals surface area (Å²) < 4.78 is 9.82. The number of hydrogen-bond donors (Lipinski definition) is 1. The van der Waals surface area contributed by atoms with Gasteiger partial charge in [-0.05, 0) is 24.6 Å². The summed E-state index contributed by atoms with van der Waals surface area (Å²) in [6.07, 6.45) is -0.338. The van der Waals surface area contributed by atoms with Crippen LogP contribution in [0, 0.1) is 6.92 Å². The summed E-state index contributed by atoms with van der Waals surface area (Å²) in [5.74, 6) is -0.0878. The predicted molar refractivity (Wildman–Crippen MR) is 69.9 cm³/mol. The van der Waals surface area contributed by atoms with Crippen molar-refractivity contribution in [2.45, 2.75) is 19.4 Å². The van der Waals surface area contributed by atoms with Gasteiger partial charge in [0.2, 0.25) is 5.76 Å². The number of aryl methyl sites for hydroxylation is 1. The lowest BCUT2D eigenvalue weighted by Gasteiger charge is -2.08. The van der Waals surface area contributed by atoms with Crippen molar-refractivity contribution in [3.8, 4) is 0 Å². The maximum atomic E-state index is 11.2. The zero-order valence-corrected chi connectivity index (χ0v) is 10.9. The maximum Gasteiger partial charge on any atom is 0.373 e. The van der Waals surface area contributed by atoms with Crippen molar-refractivity contribution in [2.75, 3.05) is 7.11 Å². The Morgan fingerprint density at radius 1 is 1.26 bits per heavy atom. The maximum absolute atomic E-state index is 11.2. The summed E-state index contributed by atoms with van der Waals surface area (Å²) in [4.78, 5) is 11.2. The number of carbonyl (C=O) groups is 1. The molecule has 0 amide bonds. The first-order valence-corrected chi connectivity index (χ1v) is 6.02. The average molecular weight is 260 g/mol. The monoisotopic (exact) mass is 260 g/mol. The van der Waals surface area contributed by atoms with Gasteiger partial charge in [-0.2, -0.15) is 0 Å². The summed E-state index contributed by atoms with van der Waals surface area (Å²) in [5, 5.41) is 10.1. The van der Waals surface area contributed by atoms with Gasteiger partial charge >= 0.3 is 5.97 Å². The third kappa shape index (κ3) is 3.23. The SMILES string of the molecule is COC(=O)c1ccc(C(O)Cc2ccc(C)cc2)o1. The number of aliphatic hydroxyl groups excluding tert-OH is 1. The van der Waals surface area contributed by atoms with Crippen LogP contribution in [0.1, 0.15) is 33.5 Å². The second-order valence-corrected chi connectivity index (χ2v) is 4.40. The van der Waals surface area contributed by atoms with E-state index in [2.05, 4.69) is 4.74 Å². The fourth-order valence-electron chi connectivity index (χ4n) is 1.79. The molecule has 0 saturated carbocycles. The first kappa shape index (κ1) is 13.4.